The van der Waals surface area contributed by atoms with Crippen LogP contribution in [-0.2, 0) is 17.7 Å². The summed E-state index contributed by atoms with van der Waals surface area (Å²) in [5.74, 6) is 2.67. The minimum Gasteiger partial charge on any atom is -0.384 e. The van der Waals surface area contributed by atoms with Crippen molar-refractivity contribution in [3.8, 4) is 0 Å². The molecule has 0 bridgehead atoms. The van der Waals surface area contributed by atoms with E-state index in [9.17, 15) is 0 Å². The summed E-state index contributed by atoms with van der Waals surface area (Å²) in [7, 11) is 3.62. The zero-order chi connectivity index (χ0) is 18.2. The fourth-order valence-corrected chi connectivity index (χ4v) is 3.51. The van der Waals surface area contributed by atoms with Crippen molar-refractivity contribution >= 4 is 29.9 Å². The highest BCUT2D eigenvalue weighted by molar-refractivity contribution is 14.0. The van der Waals surface area contributed by atoms with E-state index in [1.165, 1.54) is 5.56 Å². The van der Waals surface area contributed by atoms with Crippen LogP contribution in [0.25, 0.3) is 0 Å². The van der Waals surface area contributed by atoms with Crippen LogP contribution in [0, 0.1) is 5.92 Å². The molecule has 0 spiro atoms. The van der Waals surface area contributed by atoms with Gasteiger partial charge in [0, 0.05) is 65.1 Å². The highest BCUT2D eigenvalue weighted by atomic mass is 127. The number of aromatic nitrogens is 2. The SMILES string of the molecule is CN=C(NCCc1nccn1Cc1ccccc1)N1CCC(COC)C1.I. The van der Waals surface area contributed by atoms with Crippen LogP contribution in [0.15, 0.2) is 47.7 Å². The molecule has 1 aliphatic heterocycles. The lowest BCUT2D eigenvalue weighted by Gasteiger charge is -2.21. The molecule has 2 heterocycles. The van der Waals surface area contributed by atoms with E-state index in [-0.39, 0.29) is 24.0 Å². The van der Waals surface area contributed by atoms with Crippen molar-refractivity contribution in [1.82, 2.24) is 19.8 Å². The molecule has 6 nitrogen and oxygen atoms in total. The van der Waals surface area contributed by atoms with Gasteiger partial charge in [-0.3, -0.25) is 4.99 Å². The molecule has 0 radical (unpaired) electrons. The lowest BCUT2D eigenvalue weighted by molar-refractivity contribution is 0.157. The van der Waals surface area contributed by atoms with Crippen LogP contribution in [-0.4, -0.2) is 60.8 Å². The summed E-state index contributed by atoms with van der Waals surface area (Å²) in [6.45, 7) is 4.55. The summed E-state index contributed by atoms with van der Waals surface area (Å²) in [4.78, 5) is 11.3. The second-order valence-electron chi connectivity index (χ2n) is 6.74. The number of rotatable bonds is 7. The average Bonchev–Trinajstić information content (AvgIpc) is 3.30. The summed E-state index contributed by atoms with van der Waals surface area (Å²) in [6.07, 6.45) is 5.96. The third-order valence-electron chi connectivity index (χ3n) is 4.83. The van der Waals surface area contributed by atoms with Crippen LogP contribution in [0.3, 0.4) is 0 Å². The van der Waals surface area contributed by atoms with Gasteiger partial charge in [0.15, 0.2) is 5.96 Å². The number of benzene rings is 1. The fraction of sp³-hybridized carbons (Fsp3) is 0.500. The Morgan fingerprint density at radius 1 is 1.33 bits per heavy atom. The lowest BCUT2D eigenvalue weighted by atomic mass is 10.1. The molecule has 1 fully saturated rings. The van der Waals surface area contributed by atoms with Gasteiger partial charge in [-0.2, -0.15) is 0 Å². The van der Waals surface area contributed by atoms with Crippen LogP contribution in [0.5, 0.6) is 0 Å². The summed E-state index contributed by atoms with van der Waals surface area (Å²) >= 11 is 0. The van der Waals surface area contributed by atoms with E-state index < -0.39 is 0 Å². The van der Waals surface area contributed by atoms with Gasteiger partial charge in [0.2, 0.25) is 0 Å². The summed E-state index contributed by atoms with van der Waals surface area (Å²) < 4.78 is 7.49. The van der Waals surface area contributed by atoms with Crippen LogP contribution in [0.4, 0.5) is 0 Å². The van der Waals surface area contributed by atoms with E-state index in [1.54, 1.807) is 7.11 Å². The van der Waals surface area contributed by atoms with E-state index in [4.69, 9.17) is 4.74 Å². The number of nitrogens with one attached hydrogen (secondary N) is 1. The van der Waals surface area contributed by atoms with Gasteiger partial charge >= 0.3 is 0 Å². The molecule has 2 aromatic rings. The molecule has 1 aromatic heterocycles. The maximum absolute atomic E-state index is 5.28. The molecular formula is C20H30IN5O. The zero-order valence-corrected chi connectivity index (χ0v) is 18.5. The molecule has 148 valence electrons. The van der Waals surface area contributed by atoms with E-state index in [1.807, 2.05) is 25.5 Å². The highest BCUT2D eigenvalue weighted by Gasteiger charge is 2.24. The third kappa shape index (κ3) is 6.21. The van der Waals surface area contributed by atoms with Gasteiger partial charge in [0.1, 0.15) is 5.82 Å². The summed E-state index contributed by atoms with van der Waals surface area (Å²) in [5, 5.41) is 3.49. The summed E-state index contributed by atoms with van der Waals surface area (Å²) in [5.41, 5.74) is 1.29. The predicted molar refractivity (Wildman–Crippen MR) is 120 cm³/mol. The summed E-state index contributed by atoms with van der Waals surface area (Å²) in [6, 6.07) is 10.5. The molecule has 1 N–H and O–H groups in total. The van der Waals surface area contributed by atoms with Crippen LogP contribution >= 0.6 is 24.0 Å². The van der Waals surface area contributed by atoms with Crippen molar-refractivity contribution < 1.29 is 4.74 Å². The molecule has 1 aromatic carbocycles. The van der Waals surface area contributed by atoms with Gasteiger partial charge in [-0.1, -0.05) is 30.3 Å². The molecule has 1 unspecified atom stereocenters. The number of ether oxygens (including phenoxy) is 1. The van der Waals surface area contributed by atoms with E-state index in [2.05, 4.69) is 49.0 Å². The van der Waals surface area contributed by atoms with Crippen molar-refractivity contribution in [2.24, 2.45) is 10.9 Å². The number of aliphatic imine (C=N–C) groups is 1. The molecule has 3 rings (SSSR count). The Morgan fingerprint density at radius 2 is 2.15 bits per heavy atom. The second-order valence-corrected chi connectivity index (χ2v) is 6.74. The monoisotopic (exact) mass is 483 g/mol. The number of halogens is 1. The van der Waals surface area contributed by atoms with E-state index in [0.717, 1.165) is 57.4 Å². The Labute approximate surface area is 179 Å². The Balaban J connectivity index is 0.00000261. The van der Waals surface area contributed by atoms with Crippen LogP contribution in [0.1, 0.15) is 17.8 Å². The van der Waals surface area contributed by atoms with Crippen molar-refractivity contribution in [3.63, 3.8) is 0 Å². The number of guanidine groups is 1. The van der Waals surface area contributed by atoms with Crippen molar-refractivity contribution in [2.45, 2.75) is 19.4 Å². The Morgan fingerprint density at radius 3 is 2.89 bits per heavy atom. The fourth-order valence-electron chi connectivity index (χ4n) is 3.51. The van der Waals surface area contributed by atoms with Gasteiger partial charge in [-0.05, 0) is 12.0 Å². The van der Waals surface area contributed by atoms with E-state index in [0.29, 0.717) is 5.92 Å². The molecule has 1 atom stereocenters. The zero-order valence-electron chi connectivity index (χ0n) is 16.2. The highest BCUT2D eigenvalue weighted by Crippen LogP contribution is 2.16. The van der Waals surface area contributed by atoms with Gasteiger partial charge in [-0.25, -0.2) is 4.98 Å². The Bertz CT molecular complexity index is 703. The topological polar surface area (TPSA) is 54.7 Å². The molecule has 0 saturated carbocycles. The number of imidazole rings is 1. The van der Waals surface area contributed by atoms with Crippen LogP contribution < -0.4 is 5.32 Å². The first-order valence-electron chi connectivity index (χ1n) is 9.28. The first-order chi connectivity index (χ1) is 12.8. The molecule has 0 amide bonds. The predicted octanol–water partition coefficient (Wildman–Crippen LogP) is 2.64. The van der Waals surface area contributed by atoms with Crippen LogP contribution in [0.2, 0.25) is 0 Å². The average molecular weight is 483 g/mol. The molecular weight excluding hydrogens is 453 g/mol. The number of methoxy groups -OCH3 is 1. The second kappa shape index (κ2) is 11.3. The Hall–Kier alpha value is -1.61. The molecule has 7 heteroatoms. The van der Waals surface area contributed by atoms with Gasteiger partial charge in [0.05, 0.1) is 6.61 Å². The lowest BCUT2D eigenvalue weighted by Crippen LogP contribution is -2.41. The first-order valence-corrected chi connectivity index (χ1v) is 9.28. The first kappa shape index (κ1) is 21.7. The normalized spacial score (nSPS) is 17.0. The smallest absolute Gasteiger partial charge is 0.193 e. The minimum absolute atomic E-state index is 0. The maximum Gasteiger partial charge on any atom is 0.193 e. The van der Waals surface area contributed by atoms with E-state index >= 15 is 0 Å². The number of hydrogen-bond donors (Lipinski definition) is 1. The minimum atomic E-state index is 0. The van der Waals surface area contributed by atoms with Crippen molar-refractivity contribution in [2.75, 3.05) is 40.4 Å². The van der Waals surface area contributed by atoms with Gasteiger partial charge in [-0.15, -0.1) is 24.0 Å². The number of hydrogen-bond acceptors (Lipinski definition) is 3. The largest absolute Gasteiger partial charge is 0.384 e. The van der Waals surface area contributed by atoms with Gasteiger partial charge < -0.3 is 19.5 Å². The van der Waals surface area contributed by atoms with Crippen molar-refractivity contribution in [1.29, 1.82) is 0 Å². The molecule has 1 aliphatic rings. The number of likely N-dealkylation sites (tertiary alicyclic amines) is 1. The third-order valence-corrected chi connectivity index (χ3v) is 4.83. The molecule has 27 heavy (non-hydrogen) atoms. The molecule has 0 aliphatic carbocycles. The number of nitrogens with zero attached hydrogens (tertiary/aromatic N) is 4. The molecule has 1 saturated heterocycles. The standard InChI is InChI=1S/C20H29N5O.HI/c1-21-20(25-12-9-18(15-25)16-26-2)23-10-8-19-22-11-13-24(19)14-17-6-4-3-5-7-17;/h3-7,11,13,18H,8-10,12,14-16H2,1-2H3,(H,21,23);1H. The van der Waals surface area contributed by atoms with Gasteiger partial charge in [0.25, 0.3) is 0 Å². The quantitative estimate of drug-likeness (QED) is 0.374. The Kier molecular flexibility index (Phi) is 9.06. The van der Waals surface area contributed by atoms with Crippen molar-refractivity contribution in [3.05, 3.63) is 54.1 Å². The maximum atomic E-state index is 5.28.